The van der Waals surface area contributed by atoms with Gasteiger partial charge >= 0.3 is 7.82 Å². The predicted octanol–water partition coefficient (Wildman–Crippen LogP) is 3.38. The van der Waals surface area contributed by atoms with Crippen molar-refractivity contribution in [1.29, 1.82) is 0 Å². The van der Waals surface area contributed by atoms with Crippen molar-refractivity contribution in [3.63, 3.8) is 0 Å². The molecule has 1 atom stereocenters. The fourth-order valence-electron chi connectivity index (χ4n) is 0.991. The van der Waals surface area contributed by atoms with E-state index >= 15 is 0 Å². The molecular formula is C10H14ClO4P. The van der Waals surface area contributed by atoms with Gasteiger partial charge < -0.3 is 4.52 Å². The molecule has 0 aliphatic rings. The van der Waals surface area contributed by atoms with Crippen LogP contribution in [0.15, 0.2) is 24.3 Å². The third-order valence-electron chi connectivity index (χ3n) is 1.79. The fraction of sp³-hybridized carbons (Fsp3) is 0.400. The van der Waals surface area contributed by atoms with E-state index in [1.807, 2.05) is 19.1 Å². The first-order valence-electron chi connectivity index (χ1n) is 4.72. The Balaban J connectivity index is 2.69. The van der Waals surface area contributed by atoms with Crippen LogP contribution in [-0.4, -0.2) is 19.6 Å². The Morgan fingerprint density at radius 2 is 1.94 bits per heavy atom. The lowest BCUT2D eigenvalue weighted by Gasteiger charge is -2.15. The van der Waals surface area contributed by atoms with Crippen molar-refractivity contribution in [3.05, 3.63) is 29.8 Å². The van der Waals surface area contributed by atoms with Crippen LogP contribution >= 0.6 is 19.4 Å². The van der Waals surface area contributed by atoms with Gasteiger partial charge in [0, 0.05) is 13.0 Å². The second-order valence-electron chi connectivity index (χ2n) is 3.06. The number of alkyl halides is 1. The summed E-state index contributed by atoms with van der Waals surface area (Å²) >= 11 is 5.43. The molecule has 0 saturated carbocycles. The molecule has 4 nitrogen and oxygen atoms in total. The Hall–Kier alpha value is -0.540. The fourth-order valence-corrected chi connectivity index (χ4v) is 2.10. The van der Waals surface area contributed by atoms with Crippen LogP contribution in [-0.2, 0) is 13.6 Å². The minimum atomic E-state index is -3.54. The summed E-state index contributed by atoms with van der Waals surface area (Å²) in [7, 11) is -2.27. The molecular weight excluding hydrogens is 251 g/mol. The third kappa shape index (κ3) is 4.14. The van der Waals surface area contributed by atoms with E-state index in [0.29, 0.717) is 5.75 Å². The average Bonchev–Trinajstić information content (AvgIpc) is 2.30. The number of benzene rings is 1. The van der Waals surface area contributed by atoms with Crippen molar-refractivity contribution in [3.8, 4) is 5.75 Å². The summed E-state index contributed by atoms with van der Waals surface area (Å²) in [6.45, 7) is 2.06. The maximum atomic E-state index is 11.9. The van der Waals surface area contributed by atoms with E-state index in [1.165, 1.54) is 7.11 Å². The number of rotatable bonds is 6. The van der Waals surface area contributed by atoms with Crippen molar-refractivity contribution >= 4 is 19.4 Å². The van der Waals surface area contributed by atoms with Crippen molar-refractivity contribution in [2.24, 2.45) is 0 Å². The van der Waals surface area contributed by atoms with E-state index in [4.69, 9.17) is 25.2 Å². The van der Waals surface area contributed by atoms with Crippen LogP contribution in [0.25, 0.3) is 0 Å². The molecule has 0 aromatic heterocycles. The molecule has 0 bridgehead atoms. The van der Waals surface area contributed by atoms with Crippen LogP contribution in [0, 0.1) is 6.92 Å². The van der Waals surface area contributed by atoms with Gasteiger partial charge in [-0.05, 0) is 19.1 Å². The van der Waals surface area contributed by atoms with E-state index in [2.05, 4.69) is 0 Å². The molecule has 6 heteroatoms. The van der Waals surface area contributed by atoms with Crippen molar-refractivity contribution in [2.45, 2.75) is 6.92 Å². The molecule has 0 amide bonds. The molecule has 0 radical (unpaired) electrons. The van der Waals surface area contributed by atoms with E-state index in [0.717, 1.165) is 5.56 Å². The Kier molecular flexibility index (Phi) is 5.29. The summed E-state index contributed by atoms with van der Waals surface area (Å²) < 4.78 is 26.7. The van der Waals surface area contributed by atoms with Gasteiger partial charge in [0.15, 0.2) is 0 Å². The molecule has 1 unspecified atom stereocenters. The maximum Gasteiger partial charge on any atom is 0.529 e. The summed E-state index contributed by atoms with van der Waals surface area (Å²) in [5, 5.41) is 0. The standard InChI is InChI=1S/C10H14ClO4P/c1-9-3-5-10(6-4-9)15-16(12,13-2)14-8-7-11/h3-6H,7-8H2,1-2H3. The van der Waals surface area contributed by atoms with E-state index in [-0.39, 0.29) is 12.5 Å². The van der Waals surface area contributed by atoms with Gasteiger partial charge in [-0.1, -0.05) is 17.7 Å². The first kappa shape index (κ1) is 13.5. The van der Waals surface area contributed by atoms with Crippen LogP contribution in [0.1, 0.15) is 5.56 Å². The zero-order chi connectivity index (χ0) is 12.0. The zero-order valence-corrected chi connectivity index (χ0v) is 10.8. The van der Waals surface area contributed by atoms with Crippen molar-refractivity contribution in [2.75, 3.05) is 19.6 Å². The monoisotopic (exact) mass is 264 g/mol. The molecule has 0 saturated heterocycles. The molecule has 90 valence electrons. The first-order chi connectivity index (χ1) is 7.59. The average molecular weight is 265 g/mol. The van der Waals surface area contributed by atoms with E-state index in [9.17, 15) is 4.57 Å². The smallest absolute Gasteiger partial charge is 0.404 e. The summed E-state index contributed by atoms with van der Waals surface area (Å²) in [6, 6.07) is 7.09. The molecule has 1 rings (SSSR count). The van der Waals surface area contributed by atoms with Gasteiger partial charge in [0.2, 0.25) is 0 Å². The summed E-state index contributed by atoms with van der Waals surface area (Å²) in [4.78, 5) is 0. The van der Waals surface area contributed by atoms with Crippen LogP contribution in [0.4, 0.5) is 0 Å². The lowest BCUT2D eigenvalue weighted by molar-refractivity contribution is 0.188. The van der Waals surface area contributed by atoms with E-state index < -0.39 is 7.82 Å². The topological polar surface area (TPSA) is 44.8 Å². The molecule has 0 fully saturated rings. The third-order valence-corrected chi connectivity index (χ3v) is 3.32. The Morgan fingerprint density at radius 1 is 1.31 bits per heavy atom. The van der Waals surface area contributed by atoms with Crippen molar-refractivity contribution in [1.82, 2.24) is 0 Å². The molecule has 0 heterocycles. The maximum absolute atomic E-state index is 11.9. The SMILES string of the molecule is COP(=O)(OCCCl)Oc1ccc(C)cc1. The molecule has 0 spiro atoms. The second-order valence-corrected chi connectivity index (χ2v) is 5.13. The van der Waals surface area contributed by atoms with Gasteiger partial charge in [-0.15, -0.1) is 11.6 Å². The largest absolute Gasteiger partial charge is 0.529 e. The van der Waals surface area contributed by atoms with Crippen molar-refractivity contribution < 1.29 is 18.1 Å². The lowest BCUT2D eigenvalue weighted by Crippen LogP contribution is -2.02. The number of phosphoric ester groups is 1. The summed E-state index contributed by atoms with van der Waals surface area (Å²) in [6.07, 6.45) is 0. The number of aryl methyl sites for hydroxylation is 1. The van der Waals surface area contributed by atoms with Gasteiger partial charge in [0.1, 0.15) is 5.75 Å². The first-order valence-corrected chi connectivity index (χ1v) is 6.72. The minimum absolute atomic E-state index is 0.110. The van der Waals surface area contributed by atoms with Gasteiger partial charge in [-0.3, -0.25) is 9.05 Å². The highest BCUT2D eigenvalue weighted by atomic mass is 35.5. The zero-order valence-electron chi connectivity index (χ0n) is 9.18. The summed E-state index contributed by atoms with van der Waals surface area (Å²) in [5.74, 6) is 0.662. The lowest BCUT2D eigenvalue weighted by atomic mass is 10.2. The normalized spacial score (nSPS) is 14.4. The van der Waals surface area contributed by atoms with Gasteiger partial charge in [0.25, 0.3) is 0 Å². The number of halogens is 1. The molecule has 0 aliphatic carbocycles. The molecule has 1 aromatic rings. The Bertz CT molecular complexity index is 366. The van der Waals surface area contributed by atoms with Crippen LogP contribution in [0.3, 0.4) is 0 Å². The number of phosphoric acid groups is 1. The second kappa shape index (κ2) is 6.26. The predicted molar refractivity (Wildman–Crippen MR) is 63.1 cm³/mol. The molecule has 16 heavy (non-hydrogen) atoms. The van der Waals surface area contributed by atoms with Gasteiger partial charge in [-0.2, -0.15) is 0 Å². The Labute approximate surface area is 100 Å². The minimum Gasteiger partial charge on any atom is -0.404 e. The number of hydrogen-bond donors (Lipinski definition) is 0. The van der Waals surface area contributed by atoms with Gasteiger partial charge in [-0.25, -0.2) is 4.57 Å². The van der Waals surface area contributed by atoms with Crippen LogP contribution in [0.5, 0.6) is 5.75 Å². The van der Waals surface area contributed by atoms with Gasteiger partial charge in [0.05, 0.1) is 6.61 Å². The Morgan fingerprint density at radius 3 is 2.44 bits per heavy atom. The van der Waals surface area contributed by atoms with Crippen LogP contribution in [0.2, 0.25) is 0 Å². The van der Waals surface area contributed by atoms with Crippen LogP contribution < -0.4 is 4.52 Å². The summed E-state index contributed by atoms with van der Waals surface area (Å²) in [5.41, 5.74) is 1.08. The highest BCUT2D eigenvalue weighted by Crippen LogP contribution is 2.48. The molecule has 0 aliphatic heterocycles. The van der Waals surface area contributed by atoms with E-state index in [1.54, 1.807) is 12.1 Å². The number of hydrogen-bond acceptors (Lipinski definition) is 4. The quantitative estimate of drug-likeness (QED) is 0.584. The molecule has 1 aromatic carbocycles. The molecule has 0 N–H and O–H groups in total. The highest BCUT2D eigenvalue weighted by molar-refractivity contribution is 7.48. The highest BCUT2D eigenvalue weighted by Gasteiger charge is 2.26.